The fraction of sp³-hybridized carbons (Fsp3) is 0.250. The van der Waals surface area contributed by atoms with Gasteiger partial charge < -0.3 is 10.3 Å². The Morgan fingerprint density at radius 1 is 1.50 bits per heavy atom. The molecule has 0 aliphatic carbocycles. The minimum Gasteiger partial charge on any atom is -0.325 e. The standard InChI is InChI=1S/C16H15ClN4O2S/c1-3-13-11(7-18)15(23)21-16(20-13)24-8-14(22)19-10-5-4-9(2)12(17)6-10/h4-6H,3,8H2,1-2H3,(H,19,22)(H,20,21,23). The van der Waals surface area contributed by atoms with E-state index in [4.69, 9.17) is 16.9 Å². The van der Waals surface area contributed by atoms with Crippen LogP contribution in [-0.2, 0) is 11.2 Å². The quantitative estimate of drug-likeness (QED) is 0.629. The Morgan fingerprint density at radius 3 is 2.88 bits per heavy atom. The van der Waals surface area contributed by atoms with Crippen molar-refractivity contribution in [1.29, 1.82) is 5.26 Å². The lowest BCUT2D eigenvalue weighted by atomic mass is 10.2. The first-order valence-electron chi connectivity index (χ1n) is 7.16. The number of aromatic amines is 1. The molecule has 1 heterocycles. The number of aromatic nitrogens is 2. The van der Waals surface area contributed by atoms with Gasteiger partial charge in [-0.3, -0.25) is 9.59 Å². The normalized spacial score (nSPS) is 10.2. The second-order valence-corrected chi connectivity index (χ2v) is 6.33. The lowest BCUT2D eigenvalue weighted by molar-refractivity contribution is -0.113. The van der Waals surface area contributed by atoms with Crippen LogP contribution in [0.25, 0.3) is 0 Å². The van der Waals surface area contributed by atoms with Crippen LogP contribution in [0.4, 0.5) is 5.69 Å². The molecule has 0 saturated carbocycles. The summed E-state index contributed by atoms with van der Waals surface area (Å²) in [6, 6.07) is 7.10. The van der Waals surface area contributed by atoms with Crippen molar-refractivity contribution in [3.05, 3.63) is 50.4 Å². The molecule has 24 heavy (non-hydrogen) atoms. The van der Waals surface area contributed by atoms with Crippen LogP contribution in [0, 0.1) is 18.3 Å². The summed E-state index contributed by atoms with van der Waals surface area (Å²) in [5.74, 6) is -0.172. The predicted octanol–water partition coefficient (Wildman–Crippen LogP) is 2.90. The van der Waals surface area contributed by atoms with Gasteiger partial charge in [0.1, 0.15) is 11.6 Å². The first-order chi connectivity index (χ1) is 11.4. The minimum absolute atomic E-state index is 0.0144. The van der Waals surface area contributed by atoms with Gasteiger partial charge in [-0.1, -0.05) is 36.4 Å². The summed E-state index contributed by atoms with van der Waals surface area (Å²) >= 11 is 7.11. The number of rotatable bonds is 5. The second-order valence-electron chi connectivity index (χ2n) is 4.96. The molecule has 0 aliphatic rings. The molecule has 0 radical (unpaired) electrons. The SMILES string of the molecule is CCc1nc(SCC(=O)Nc2ccc(C)c(Cl)c2)[nH]c(=O)c1C#N. The number of H-pyrrole nitrogens is 1. The van der Waals surface area contributed by atoms with E-state index in [2.05, 4.69) is 15.3 Å². The van der Waals surface area contributed by atoms with Gasteiger partial charge in [-0.2, -0.15) is 5.26 Å². The molecule has 0 fully saturated rings. The second kappa shape index (κ2) is 7.99. The lowest BCUT2D eigenvalue weighted by Gasteiger charge is -2.07. The number of carbonyl (C=O) groups is 1. The molecule has 8 heteroatoms. The largest absolute Gasteiger partial charge is 0.325 e. The molecule has 1 aromatic carbocycles. The van der Waals surface area contributed by atoms with Crippen LogP contribution in [0.2, 0.25) is 5.02 Å². The van der Waals surface area contributed by atoms with E-state index in [1.165, 1.54) is 0 Å². The molecule has 1 aromatic heterocycles. The van der Waals surface area contributed by atoms with Crippen LogP contribution in [0.15, 0.2) is 28.2 Å². The number of nitriles is 1. The number of thioether (sulfide) groups is 1. The van der Waals surface area contributed by atoms with Crippen molar-refractivity contribution in [1.82, 2.24) is 9.97 Å². The predicted molar refractivity (Wildman–Crippen MR) is 94.5 cm³/mol. The third kappa shape index (κ3) is 4.37. The average molecular weight is 363 g/mol. The molecule has 0 atom stereocenters. The number of aryl methyl sites for hydroxylation is 2. The summed E-state index contributed by atoms with van der Waals surface area (Å²) in [5.41, 5.74) is 1.48. The Hall–Kier alpha value is -2.30. The molecular weight excluding hydrogens is 348 g/mol. The first-order valence-corrected chi connectivity index (χ1v) is 8.53. The number of carbonyl (C=O) groups excluding carboxylic acids is 1. The van der Waals surface area contributed by atoms with Crippen molar-refractivity contribution in [2.45, 2.75) is 25.4 Å². The highest BCUT2D eigenvalue weighted by atomic mass is 35.5. The third-order valence-corrected chi connectivity index (χ3v) is 4.50. The summed E-state index contributed by atoms with van der Waals surface area (Å²) < 4.78 is 0. The molecule has 0 bridgehead atoms. The average Bonchev–Trinajstić information content (AvgIpc) is 2.55. The van der Waals surface area contributed by atoms with Crippen molar-refractivity contribution in [3.8, 4) is 6.07 Å². The molecule has 6 nitrogen and oxygen atoms in total. The first kappa shape index (κ1) is 18.0. The molecule has 0 saturated heterocycles. The van der Waals surface area contributed by atoms with Crippen LogP contribution in [0.1, 0.15) is 23.7 Å². The van der Waals surface area contributed by atoms with Gasteiger partial charge >= 0.3 is 0 Å². The Morgan fingerprint density at radius 2 is 2.25 bits per heavy atom. The summed E-state index contributed by atoms with van der Waals surface area (Å²) in [6.07, 6.45) is 0.467. The number of amides is 1. The molecule has 0 spiro atoms. The van der Waals surface area contributed by atoms with E-state index in [1.807, 2.05) is 26.0 Å². The van der Waals surface area contributed by atoms with E-state index in [1.54, 1.807) is 12.1 Å². The van der Waals surface area contributed by atoms with Crippen LogP contribution >= 0.6 is 23.4 Å². The fourth-order valence-electron chi connectivity index (χ4n) is 1.94. The molecule has 2 N–H and O–H groups in total. The van der Waals surface area contributed by atoms with Crippen LogP contribution in [-0.4, -0.2) is 21.6 Å². The number of nitrogens with zero attached hydrogens (tertiary/aromatic N) is 2. The number of hydrogen-bond donors (Lipinski definition) is 2. The van der Waals surface area contributed by atoms with Gasteiger partial charge in [0.2, 0.25) is 5.91 Å². The van der Waals surface area contributed by atoms with Crippen LogP contribution in [0.3, 0.4) is 0 Å². The number of benzene rings is 1. The molecule has 2 rings (SSSR count). The topological polar surface area (TPSA) is 98.6 Å². The molecule has 1 amide bonds. The van der Waals surface area contributed by atoms with Crippen molar-refractivity contribution >= 4 is 35.0 Å². The van der Waals surface area contributed by atoms with Crippen molar-refractivity contribution < 1.29 is 4.79 Å². The van der Waals surface area contributed by atoms with E-state index in [0.29, 0.717) is 28.0 Å². The van der Waals surface area contributed by atoms with E-state index in [0.717, 1.165) is 17.3 Å². The van der Waals surface area contributed by atoms with Crippen LogP contribution < -0.4 is 10.9 Å². The summed E-state index contributed by atoms with van der Waals surface area (Å²) in [6.45, 7) is 3.69. The number of hydrogen-bond acceptors (Lipinski definition) is 5. The maximum atomic E-state index is 12.0. The highest BCUT2D eigenvalue weighted by Gasteiger charge is 2.11. The fourth-order valence-corrected chi connectivity index (χ4v) is 2.80. The third-order valence-electron chi connectivity index (χ3n) is 3.21. The van der Waals surface area contributed by atoms with E-state index >= 15 is 0 Å². The van der Waals surface area contributed by atoms with Crippen molar-refractivity contribution in [3.63, 3.8) is 0 Å². The van der Waals surface area contributed by atoms with Crippen molar-refractivity contribution in [2.75, 3.05) is 11.1 Å². The van der Waals surface area contributed by atoms with Gasteiger partial charge in [-0.25, -0.2) is 4.98 Å². The number of halogens is 1. The zero-order valence-corrected chi connectivity index (χ0v) is 14.7. The van der Waals surface area contributed by atoms with Crippen molar-refractivity contribution in [2.24, 2.45) is 0 Å². The Labute approximate surface area is 148 Å². The zero-order valence-electron chi connectivity index (χ0n) is 13.1. The highest BCUT2D eigenvalue weighted by Crippen LogP contribution is 2.20. The zero-order chi connectivity index (χ0) is 17.7. The Balaban J connectivity index is 2.04. The summed E-state index contributed by atoms with van der Waals surface area (Å²) in [7, 11) is 0. The maximum Gasteiger partial charge on any atom is 0.269 e. The maximum absolute atomic E-state index is 12.0. The Kier molecular flexibility index (Phi) is 6.01. The van der Waals surface area contributed by atoms with Gasteiger partial charge in [0.25, 0.3) is 5.56 Å². The van der Waals surface area contributed by atoms with E-state index in [-0.39, 0.29) is 17.2 Å². The Bertz CT molecular complexity index is 873. The number of nitrogens with one attached hydrogen (secondary N) is 2. The van der Waals surface area contributed by atoms with E-state index < -0.39 is 5.56 Å². The minimum atomic E-state index is -0.488. The van der Waals surface area contributed by atoms with Crippen LogP contribution in [0.5, 0.6) is 0 Å². The molecule has 0 aliphatic heterocycles. The van der Waals surface area contributed by atoms with Gasteiger partial charge in [-0.15, -0.1) is 0 Å². The smallest absolute Gasteiger partial charge is 0.269 e. The highest BCUT2D eigenvalue weighted by molar-refractivity contribution is 7.99. The number of anilines is 1. The molecule has 0 unspecified atom stereocenters. The van der Waals surface area contributed by atoms with E-state index in [9.17, 15) is 9.59 Å². The summed E-state index contributed by atoms with van der Waals surface area (Å²) in [5, 5.41) is 12.6. The molecular formula is C16H15ClN4O2S. The summed E-state index contributed by atoms with van der Waals surface area (Å²) in [4.78, 5) is 30.5. The van der Waals surface area contributed by atoms with Gasteiger partial charge in [0.05, 0.1) is 11.4 Å². The lowest BCUT2D eigenvalue weighted by Crippen LogP contribution is -2.18. The molecule has 2 aromatic rings. The van der Waals surface area contributed by atoms with Gasteiger partial charge in [0, 0.05) is 10.7 Å². The van der Waals surface area contributed by atoms with Gasteiger partial charge in [-0.05, 0) is 31.0 Å². The molecule has 124 valence electrons. The van der Waals surface area contributed by atoms with Gasteiger partial charge in [0.15, 0.2) is 5.16 Å². The monoisotopic (exact) mass is 362 g/mol.